The van der Waals surface area contributed by atoms with Crippen molar-refractivity contribution < 1.29 is 13.2 Å². The number of carbonyl (C=O) groups excluding carboxylic acids is 1. The highest BCUT2D eigenvalue weighted by molar-refractivity contribution is 9.10. The molecule has 7 heteroatoms. The van der Waals surface area contributed by atoms with Gasteiger partial charge in [0, 0.05) is 10.5 Å². The lowest BCUT2D eigenvalue weighted by Gasteiger charge is -2.23. The number of rotatable bonds is 5. The van der Waals surface area contributed by atoms with Crippen molar-refractivity contribution in [2.24, 2.45) is 0 Å². The number of hydrogen-bond acceptors (Lipinski definition) is 3. The molecule has 1 N–H and O–H groups in total. The monoisotopic (exact) mass is 388 g/mol. The van der Waals surface area contributed by atoms with Crippen LogP contribution < -0.4 is 9.62 Å². The number of hydrogen-bond donors (Lipinski definition) is 1. The fourth-order valence-electron chi connectivity index (χ4n) is 2.61. The Morgan fingerprint density at radius 3 is 2.55 bits per heavy atom. The summed E-state index contributed by atoms with van der Waals surface area (Å²) >= 11 is 3.40. The number of halogens is 1. The van der Waals surface area contributed by atoms with Crippen molar-refractivity contribution in [1.29, 1.82) is 0 Å². The van der Waals surface area contributed by atoms with Gasteiger partial charge >= 0.3 is 0 Å². The molecule has 0 aliphatic heterocycles. The molecule has 0 aromatic heterocycles. The lowest BCUT2D eigenvalue weighted by atomic mass is 10.2. The molecule has 1 fully saturated rings. The number of sulfonamides is 1. The van der Waals surface area contributed by atoms with Crippen LogP contribution in [0.3, 0.4) is 0 Å². The third-order valence-electron chi connectivity index (χ3n) is 3.85. The first-order valence-corrected chi connectivity index (χ1v) is 9.95. The first-order valence-electron chi connectivity index (χ1n) is 7.30. The molecule has 1 aromatic rings. The second-order valence-electron chi connectivity index (χ2n) is 5.75. The summed E-state index contributed by atoms with van der Waals surface area (Å²) in [5.41, 5.74) is 1.49. The standard InChI is InChI=1S/C15H21BrN2O3S/c1-11-7-8-13(9-14(11)16)18(22(2,20)21)10-15(19)17-12-5-3-4-6-12/h7-9,12H,3-6,10H2,1-2H3,(H,17,19). The Morgan fingerprint density at radius 1 is 1.36 bits per heavy atom. The van der Waals surface area contributed by atoms with E-state index in [-0.39, 0.29) is 18.5 Å². The van der Waals surface area contributed by atoms with Crippen molar-refractivity contribution in [3.8, 4) is 0 Å². The summed E-state index contributed by atoms with van der Waals surface area (Å²) in [5.74, 6) is -0.256. The minimum atomic E-state index is -3.52. The third kappa shape index (κ3) is 4.46. The molecule has 0 heterocycles. The highest BCUT2D eigenvalue weighted by Crippen LogP contribution is 2.25. The second kappa shape index (κ2) is 7.00. The van der Waals surface area contributed by atoms with Crippen LogP contribution >= 0.6 is 15.9 Å². The van der Waals surface area contributed by atoms with Gasteiger partial charge in [0.25, 0.3) is 0 Å². The molecule has 0 saturated heterocycles. The van der Waals surface area contributed by atoms with Crippen LogP contribution in [-0.2, 0) is 14.8 Å². The molecule has 1 aromatic carbocycles. The number of nitrogens with zero attached hydrogens (tertiary/aromatic N) is 1. The average Bonchev–Trinajstić information content (AvgIpc) is 2.91. The normalized spacial score (nSPS) is 15.8. The maximum absolute atomic E-state index is 12.2. The van der Waals surface area contributed by atoms with Crippen LogP contribution in [0.15, 0.2) is 22.7 Å². The topological polar surface area (TPSA) is 66.5 Å². The number of nitrogens with one attached hydrogen (secondary N) is 1. The van der Waals surface area contributed by atoms with Crippen LogP contribution in [0, 0.1) is 6.92 Å². The van der Waals surface area contributed by atoms with Crippen molar-refractivity contribution in [3.05, 3.63) is 28.2 Å². The molecule has 0 unspecified atom stereocenters. The SMILES string of the molecule is Cc1ccc(N(CC(=O)NC2CCCC2)S(C)(=O)=O)cc1Br. The van der Waals surface area contributed by atoms with E-state index in [1.165, 1.54) is 0 Å². The summed E-state index contributed by atoms with van der Waals surface area (Å²) in [7, 11) is -3.52. The van der Waals surface area contributed by atoms with Gasteiger partial charge < -0.3 is 5.32 Å². The van der Waals surface area contributed by atoms with E-state index in [0.717, 1.165) is 46.3 Å². The van der Waals surface area contributed by atoms with Gasteiger partial charge in [0.1, 0.15) is 6.54 Å². The Balaban J connectivity index is 2.16. The highest BCUT2D eigenvalue weighted by Gasteiger charge is 2.23. The third-order valence-corrected chi connectivity index (χ3v) is 5.85. The van der Waals surface area contributed by atoms with E-state index in [9.17, 15) is 13.2 Å². The van der Waals surface area contributed by atoms with Gasteiger partial charge in [-0.1, -0.05) is 34.8 Å². The molecule has 0 bridgehead atoms. The van der Waals surface area contributed by atoms with E-state index < -0.39 is 10.0 Å². The number of amides is 1. The second-order valence-corrected chi connectivity index (χ2v) is 8.51. The highest BCUT2D eigenvalue weighted by atomic mass is 79.9. The number of aryl methyl sites for hydroxylation is 1. The number of carbonyl (C=O) groups is 1. The van der Waals surface area contributed by atoms with E-state index in [0.29, 0.717) is 5.69 Å². The quantitative estimate of drug-likeness (QED) is 0.842. The van der Waals surface area contributed by atoms with Crippen molar-refractivity contribution >= 4 is 37.5 Å². The van der Waals surface area contributed by atoms with Crippen LogP contribution in [-0.4, -0.2) is 33.2 Å². The van der Waals surface area contributed by atoms with Crippen LogP contribution in [0.1, 0.15) is 31.2 Å². The smallest absolute Gasteiger partial charge is 0.240 e. The Bertz CT molecular complexity index is 655. The van der Waals surface area contributed by atoms with Gasteiger partial charge in [-0.15, -0.1) is 0 Å². The Hall–Kier alpha value is -1.08. The van der Waals surface area contributed by atoms with E-state index in [1.807, 2.05) is 13.0 Å². The Kier molecular flexibility index (Phi) is 5.50. The number of benzene rings is 1. The van der Waals surface area contributed by atoms with Crippen LogP contribution in [0.2, 0.25) is 0 Å². The average molecular weight is 389 g/mol. The fourth-order valence-corrected chi connectivity index (χ4v) is 3.83. The van der Waals surface area contributed by atoms with Gasteiger partial charge in [-0.2, -0.15) is 0 Å². The maximum Gasteiger partial charge on any atom is 0.240 e. The van der Waals surface area contributed by atoms with Crippen LogP contribution in [0.25, 0.3) is 0 Å². The van der Waals surface area contributed by atoms with Gasteiger partial charge in [0.2, 0.25) is 15.9 Å². The van der Waals surface area contributed by atoms with Gasteiger partial charge in [-0.3, -0.25) is 9.10 Å². The molecule has 0 atom stereocenters. The molecule has 5 nitrogen and oxygen atoms in total. The minimum absolute atomic E-state index is 0.179. The zero-order valence-corrected chi connectivity index (χ0v) is 15.2. The molecule has 1 aliphatic rings. The van der Waals surface area contributed by atoms with Gasteiger partial charge in [-0.05, 0) is 37.5 Å². The fraction of sp³-hybridized carbons (Fsp3) is 0.533. The predicted octanol–water partition coefficient (Wildman–Crippen LogP) is 2.58. The summed E-state index contributed by atoms with van der Waals surface area (Å²) in [6, 6.07) is 5.44. The van der Waals surface area contributed by atoms with E-state index in [1.54, 1.807) is 12.1 Å². The van der Waals surface area contributed by atoms with Crippen LogP contribution in [0.5, 0.6) is 0 Å². The number of anilines is 1. The molecule has 22 heavy (non-hydrogen) atoms. The summed E-state index contributed by atoms with van der Waals surface area (Å²) < 4.78 is 26.0. The molecule has 0 spiro atoms. The largest absolute Gasteiger partial charge is 0.352 e. The molecule has 122 valence electrons. The Morgan fingerprint density at radius 2 is 2.00 bits per heavy atom. The minimum Gasteiger partial charge on any atom is -0.352 e. The first-order chi connectivity index (χ1) is 10.3. The van der Waals surface area contributed by atoms with Crippen molar-refractivity contribution in [1.82, 2.24) is 5.32 Å². The van der Waals surface area contributed by atoms with E-state index in [4.69, 9.17) is 0 Å². The first kappa shape index (κ1) is 17.3. The Labute approximate surface area is 140 Å². The predicted molar refractivity (Wildman–Crippen MR) is 91.5 cm³/mol. The van der Waals surface area contributed by atoms with Crippen molar-refractivity contribution in [2.75, 3.05) is 17.1 Å². The van der Waals surface area contributed by atoms with Gasteiger partial charge in [-0.25, -0.2) is 8.42 Å². The summed E-state index contributed by atoms with van der Waals surface area (Å²) in [5, 5.41) is 2.92. The summed E-state index contributed by atoms with van der Waals surface area (Å²) in [6.07, 6.45) is 5.29. The van der Waals surface area contributed by atoms with Gasteiger partial charge in [0.15, 0.2) is 0 Å². The van der Waals surface area contributed by atoms with E-state index >= 15 is 0 Å². The summed E-state index contributed by atoms with van der Waals surface area (Å²) in [6.45, 7) is 1.73. The summed E-state index contributed by atoms with van der Waals surface area (Å²) in [4.78, 5) is 12.2. The zero-order chi connectivity index (χ0) is 16.3. The van der Waals surface area contributed by atoms with Gasteiger partial charge in [0.05, 0.1) is 11.9 Å². The molecule has 1 amide bonds. The molecule has 1 aliphatic carbocycles. The van der Waals surface area contributed by atoms with Crippen molar-refractivity contribution in [2.45, 2.75) is 38.6 Å². The maximum atomic E-state index is 12.2. The molecular weight excluding hydrogens is 368 g/mol. The van der Waals surface area contributed by atoms with Crippen LogP contribution in [0.4, 0.5) is 5.69 Å². The zero-order valence-electron chi connectivity index (χ0n) is 12.8. The van der Waals surface area contributed by atoms with Crippen molar-refractivity contribution in [3.63, 3.8) is 0 Å². The lowest BCUT2D eigenvalue weighted by molar-refractivity contribution is -0.120. The molecule has 0 radical (unpaired) electrons. The molecular formula is C15H21BrN2O3S. The molecule has 2 rings (SSSR count). The van der Waals surface area contributed by atoms with E-state index in [2.05, 4.69) is 21.2 Å². The molecule has 1 saturated carbocycles. The lowest BCUT2D eigenvalue weighted by Crippen LogP contribution is -2.43.